The lowest BCUT2D eigenvalue weighted by molar-refractivity contribution is 0.0818. The molecule has 0 fully saturated rings. The van der Waals surface area contributed by atoms with E-state index < -0.39 is 0 Å². The Bertz CT molecular complexity index is 215. The van der Waals surface area contributed by atoms with Crippen LogP contribution in [-0.2, 0) is 0 Å². The first-order chi connectivity index (χ1) is 4.72. The molecule has 0 unspecified atom stereocenters. The lowest BCUT2D eigenvalue weighted by atomic mass is 10.2. The molecular formula is C6H9N3O. The van der Waals surface area contributed by atoms with Crippen molar-refractivity contribution in [2.24, 2.45) is 5.92 Å². The molecule has 0 saturated heterocycles. The van der Waals surface area contributed by atoms with E-state index in [0.717, 1.165) is 4.80 Å². The molecule has 0 saturated carbocycles. The zero-order valence-corrected chi connectivity index (χ0v) is 5.98. The normalized spacial score (nSPS) is 10.3. The summed E-state index contributed by atoms with van der Waals surface area (Å²) in [5.41, 5.74) is 0. The molecule has 0 atom stereocenters. The van der Waals surface area contributed by atoms with Crippen molar-refractivity contribution in [3.05, 3.63) is 12.4 Å². The molecule has 0 aliphatic heterocycles. The molecule has 1 heterocycles. The molecule has 1 aromatic rings. The van der Waals surface area contributed by atoms with E-state index >= 15 is 0 Å². The van der Waals surface area contributed by atoms with E-state index in [4.69, 9.17) is 0 Å². The second kappa shape index (κ2) is 2.60. The summed E-state index contributed by atoms with van der Waals surface area (Å²) in [6.45, 7) is 3.62. The van der Waals surface area contributed by atoms with Gasteiger partial charge in [0.15, 0.2) is 0 Å². The van der Waals surface area contributed by atoms with Crippen molar-refractivity contribution in [2.75, 3.05) is 0 Å². The van der Waals surface area contributed by atoms with Gasteiger partial charge in [0.05, 0.1) is 12.4 Å². The third-order valence-electron chi connectivity index (χ3n) is 1.11. The average Bonchev–Trinajstić information content (AvgIpc) is 2.36. The number of hydrogen-bond donors (Lipinski definition) is 0. The van der Waals surface area contributed by atoms with Gasteiger partial charge in [-0.15, -0.1) is 4.80 Å². The average molecular weight is 139 g/mol. The van der Waals surface area contributed by atoms with Crippen molar-refractivity contribution in [3.63, 3.8) is 0 Å². The van der Waals surface area contributed by atoms with Crippen LogP contribution in [0.1, 0.15) is 18.6 Å². The Balaban J connectivity index is 2.78. The van der Waals surface area contributed by atoms with Crippen LogP contribution in [0.25, 0.3) is 0 Å². The molecule has 0 radical (unpaired) electrons. The highest BCUT2D eigenvalue weighted by atomic mass is 16.2. The third kappa shape index (κ3) is 1.21. The number of nitrogens with zero attached hydrogens (tertiary/aromatic N) is 3. The van der Waals surface area contributed by atoms with E-state index in [2.05, 4.69) is 10.2 Å². The van der Waals surface area contributed by atoms with Crippen LogP contribution in [0.3, 0.4) is 0 Å². The Morgan fingerprint density at radius 2 is 1.90 bits per heavy atom. The molecule has 54 valence electrons. The smallest absolute Gasteiger partial charge is 0.267 e. The minimum atomic E-state index is -0.0787. The van der Waals surface area contributed by atoms with Gasteiger partial charge in [-0.1, -0.05) is 13.8 Å². The predicted octanol–water partition coefficient (Wildman–Crippen LogP) is 0.574. The fraction of sp³-hybridized carbons (Fsp3) is 0.500. The van der Waals surface area contributed by atoms with Crippen LogP contribution < -0.4 is 0 Å². The summed E-state index contributed by atoms with van der Waals surface area (Å²) in [5.74, 6) is -0.127. The van der Waals surface area contributed by atoms with E-state index in [9.17, 15) is 4.79 Å². The van der Waals surface area contributed by atoms with Gasteiger partial charge in [0.1, 0.15) is 0 Å². The van der Waals surface area contributed by atoms with Crippen molar-refractivity contribution < 1.29 is 4.79 Å². The number of aromatic nitrogens is 3. The van der Waals surface area contributed by atoms with Gasteiger partial charge in [0.25, 0.3) is 5.91 Å². The molecular weight excluding hydrogens is 130 g/mol. The Kier molecular flexibility index (Phi) is 1.80. The molecule has 0 spiro atoms. The summed E-state index contributed by atoms with van der Waals surface area (Å²) >= 11 is 0. The van der Waals surface area contributed by atoms with E-state index in [0.29, 0.717) is 0 Å². The maximum atomic E-state index is 11.0. The van der Waals surface area contributed by atoms with E-state index in [1.54, 1.807) is 0 Å². The predicted molar refractivity (Wildman–Crippen MR) is 35.5 cm³/mol. The third-order valence-corrected chi connectivity index (χ3v) is 1.11. The lowest BCUT2D eigenvalue weighted by Crippen LogP contribution is -2.19. The maximum absolute atomic E-state index is 11.0. The Morgan fingerprint density at radius 1 is 1.40 bits per heavy atom. The number of carbonyl (C=O) groups is 1. The Morgan fingerprint density at radius 3 is 2.30 bits per heavy atom. The summed E-state index contributed by atoms with van der Waals surface area (Å²) in [6, 6.07) is 0. The molecule has 10 heavy (non-hydrogen) atoms. The second-order valence-corrected chi connectivity index (χ2v) is 2.31. The lowest BCUT2D eigenvalue weighted by Gasteiger charge is -1.99. The molecule has 0 amide bonds. The summed E-state index contributed by atoms with van der Waals surface area (Å²) in [6.07, 6.45) is 2.97. The molecule has 0 aromatic carbocycles. The molecule has 4 nitrogen and oxygen atoms in total. The van der Waals surface area contributed by atoms with Crippen LogP contribution in [0.4, 0.5) is 0 Å². The topological polar surface area (TPSA) is 47.8 Å². The van der Waals surface area contributed by atoms with Crippen molar-refractivity contribution in [1.29, 1.82) is 0 Å². The minimum Gasteiger partial charge on any atom is -0.271 e. The van der Waals surface area contributed by atoms with Gasteiger partial charge in [-0.25, -0.2) is 0 Å². The zero-order chi connectivity index (χ0) is 7.56. The van der Waals surface area contributed by atoms with Crippen LogP contribution in [0.2, 0.25) is 0 Å². The first-order valence-electron chi connectivity index (χ1n) is 3.12. The Hall–Kier alpha value is -1.19. The number of hydrogen-bond acceptors (Lipinski definition) is 3. The van der Waals surface area contributed by atoms with Crippen LogP contribution in [0, 0.1) is 5.92 Å². The van der Waals surface area contributed by atoms with Crippen molar-refractivity contribution in [2.45, 2.75) is 13.8 Å². The second-order valence-electron chi connectivity index (χ2n) is 2.31. The highest BCUT2D eigenvalue weighted by Gasteiger charge is 2.09. The molecule has 0 N–H and O–H groups in total. The van der Waals surface area contributed by atoms with E-state index in [-0.39, 0.29) is 11.8 Å². The fourth-order valence-electron chi connectivity index (χ4n) is 0.560. The highest BCUT2D eigenvalue weighted by Crippen LogP contribution is 1.94. The molecule has 1 rings (SSSR count). The fourth-order valence-corrected chi connectivity index (χ4v) is 0.560. The van der Waals surface area contributed by atoms with Crippen molar-refractivity contribution >= 4 is 5.91 Å². The quantitative estimate of drug-likeness (QED) is 0.571. The minimum absolute atomic E-state index is 0.0487. The summed E-state index contributed by atoms with van der Waals surface area (Å²) < 4.78 is 0. The number of carbonyl (C=O) groups excluding carboxylic acids is 1. The summed E-state index contributed by atoms with van der Waals surface area (Å²) in [4.78, 5) is 12.1. The summed E-state index contributed by atoms with van der Waals surface area (Å²) in [7, 11) is 0. The van der Waals surface area contributed by atoms with Gasteiger partial charge < -0.3 is 0 Å². The molecule has 0 aliphatic carbocycles. The van der Waals surface area contributed by atoms with Gasteiger partial charge in [-0.05, 0) is 0 Å². The first-order valence-corrected chi connectivity index (χ1v) is 3.12. The standard InChI is InChI=1S/C6H9N3O/c1-5(2)6(10)9-7-3-4-8-9/h3-5H,1-2H3. The van der Waals surface area contributed by atoms with Gasteiger partial charge in [-0.2, -0.15) is 10.2 Å². The first kappa shape index (κ1) is 6.92. The molecule has 0 aliphatic rings. The van der Waals surface area contributed by atoms with Crippen molar-refractivity contribution in [3.8, 4) is 0 Å². The largest absolute Gasteiger partial charge is 0.271 e. The van der Waals surface area contributed by atoms with E-state index in [1.165, 1.54) is 12.4 Å². The zero-order valence-electron chi connectivity index (χ0n) is 5.98. The highest BCUT2D eigenvalue weighted by molar-refractivity contribution is 5.78. The van der Waals surface area contributed by atoms with E-state index in [1.807, 2.05) is 13.8 Å². The summed E-state index contributed by atoms with van der Waals surface area (Å²) in [5, 5.41) is 7.39. The Labute approximate surface area is 58.8 Å². The number of rotatable bonds is 1. The van der Waals surface area contributed by atoms with Crippen LogP contribution in [-0.4, -0.2) is 20.9 Å². The molecule has 4 heteroatoms. The molecule has 0 bridgehead atoms. The van der Waals surface area contributed by atoms with Crippen LogP contribution >= 0.6 is 0 Å². The van der Waals surface area contributed by atoms with Gasteiger partial charge >= 0.3 is 0 Å². The van der Waals surface area contributed by atoms with Gasteiger partial charge in [-0.3, -0.25) is 4.79 Å². The molecule has 1 aromatic heterocycles. The van der Waals surface area contributed by atoms with Crippen molar-refractivity contribution in [1.82, 2.24) is 15.0 Å². The van der Waals surface area contributed by atoms with Gasteiger partial charge in [0, 0.05) is 5.92 Å². The SMILES string of the molecule is CC(C)C(=O)n1nccn1. The monoisotopic (exact) mass is 139 g/mol. The maximum Gasteiger partial charge on any atom is 0.267 e. The van der Waals surface area contributed by atoms with Gasteiger partial charge in [0.2, 0.25) is 0 Å². The van der Waals surface area contributed by atoms with Crippen LogP contribution in [0.5, 0.6) is 0 Å². The van der Waals surface area contributed by atoms with Crippen LogP contribution in [0.15, 0.2) is 12.4 Å².